The van der Waals surface area contributed by atoms with Crippen molar-refractivity contribution in [1.29, 1.82) is 0 Å². The highest BCUT2D eigenvalue weighted by molar-refractivity contribution is 7.80. The molecular formula is C17H19N3O2S. The van der Waals surface area contributed by atoms with E-state index in [0.29, 0.717) is 16.7 Å². The van der Waals surface area contributed by atoms with Crippen LogP contribution >= 0.6 is 12.2 Å². The molecule has 0 aliphatic carbocycles. The zero-order valence-electron chi connectivity index (χ0n) is 13.3. The van der Waals surface area contributed by atoms with E-state index in [0.717, 1.165) is 11.3 Å². The summed E-state index contributed by atoms with van der Waals surface area (Å²) >= 11 is 5.26. The van der Waals surface area contributed by atoms with Gasteiger partial charge in [-0.05, 0) is 48.3 Å². The summed E-state index contributed by atoms with van der Waals surface area (Å²) in [6.45, 7) is 6.06. The minimum absolute atomic E-state index is 0.00399. The highest BCUT2D eigenvalue weighted by atomic mass is 32.1. The molecule has 0 aliphatic rings. The van der Waals surface area contributed by atoms with E-state index in [1.165, 1.54) is 11.6 Å². The van der Waals surface area contributed by atoms with E-state index < -0.39 is 4.92 Å². The lowest BCUT2D eigenvalue weighted by Gasteiger charge is -2.13. The molecule has 5 nitrogen and oxygen atoms in total. The summed E-state index contributed by atoms with van der Waals surface area (Å²) in [6, 6.07) is 12.9. The fourth-order valence-electron chi connectivity index (χ4n) is 2.19. The molecule has 2 aromatic rings. The minimum atomic E-state index is -0.421. The molecule has 23 heavy (non-hydrogen) atoms. The average molecular weight is 329 g/mol. The van der Waals surface area contributed by atoms with Gasteiger partial charge in [0.25, 0.3) is 5.69 Å². The van der Waals surface area contributed by atoms with Crippen molar-refractivity contribution in [3.63, 3.8) is 0 Å². The first kappa shape index (κ1) is 16.9. The number of hydrogen-bond acceptors (Lipinski definition) is 3. The average Bonchev–Trinajstić information content (AvgIpc) is 2.49. The summed E-state index contributed by atoms with van der Waals surface area (Å²) < 4.78 is 0. The lowest BCUT2D eigenvalue weighted by Crippen LogP contribution is -2.20. The van der Waals surface area contributed by atoms with Gasteiger partial charge in [0.2, 0.25) is 0 Å². The van der Waals surface area contributed by atoms with E-state index in [-0.39, 0.29) is 5.69 Å². The first-order valence-corrected chi connectivity index (χ1v) is 7.71. The number of aryl methyl sites for hydroxylation is 1. The maximum atomic E-state index is 11.1. The third-order valence-electron chi connectivity index (χ3n) is 3.52. The van der Waals surface area contributed by atoms with Gasteiger partial charge in [-0.25, -0.2) is 0 Å². The zero-order valence-corrected chi connectivity index (χ0v) is 14.1. The number of para-hydroxylation sites is 1. The summed E-state index contributed by atoms with van der Waals surface area (Å²) in [7, 11) is 0. The molecule has 0 aromatic heterocycles. The van der Waals surface area contributed by atoms with Gasteiger partial charge < -0.3 is 10.6 Å². The van der Waals surface area contributed by atoms with Crippen LogP contribution in [0.4, 0.5) is 17.1 Å². The van der Waals surface area contributed by atoms with Crippen molar-refractivity contribution in [2.24, 2.45) is 0 Å². The fraction of sp³-hybridized carbons (Fsp3) is 0.235. The van der Waals surface area contributed by atoms with Crippen LogP contribution in [0.5, 0.6) is 0 Å². The van der Waals surface area contributed by atoms with Crippen LogP contribution in [-0.2, 0) is 0 Å². The van der Waals surface area contributed by atoms with Crippen LogP contribution in [0.2, 0.25) is 0 Å². The SMILES string of the molecule is Cc1cccc([N+](=O)[O-])c1NC(=S)Nc1ccc(C(C)C)cc1. The van der Waals surface area contributed by atoms with Gasteiger partial charge in [0.1, 0.15) is 5.69 Å². The number of nitrogens with zero attached hydrogens (tertiary/aromatic N) is 1. The van der Waals surface area contributed by atoms with Crippen LogP contribution in [0.3, 0.4) is 0 Å². The topological polar surface area (TPSA) is 67.2 Å². The first-order chi connectivity index (χ1) is 10.9. The number of rotatable bonds is 4. The van der Waals surface area contributed by atoms with Gasteiger partial charge in [0.05, 0.1) is 4.92 Å². The van der Waals surface area contributed by atoms with Gasteiger partial charge >= 0.3 is 0 Å². The molecule has 0 amide bonds. The van der Waals surface area contributed by atoms with E-state index in [9.17, 15) is 10.1 Å². The Morgan fingerprint density at radius 1 is 1.13 bits per heavy atom. The Balaban J connectivity index is 2.12. The second-order valence-corrected chi connectivity index (χ2v) is 5.99. The van der Waals surface area contributed by atoms with Crippen molar-refractivity contribution < 1.29 is 4.92 Å². The van der Waals surface area contributed by atoms with Gasteiger partial charge in [-0.3, -0.25) is 10.1 Å². The quantitative estimate of drug-likeness (QED) is 0.477. The molecule has 6 heteroatoms. The second kappa shape index (κ2) is 7.19. The number of nitro benzene ring substituents is 1. The summed E-state index contributed by atoms with van der Waals surface area (Å²) in [5, 5.41) is 17.4. The number of nitro groups is 1. The Kier molecular flexibility index (Phi) is 5.28. The molecule has 0 bridgehead atoms. The third-order valence-corrected chi connectivity index (χ3v) is 3.73. The molecule has 0 fully saturated rings. The molecule has 0 atom stereocenters. The van der Waals surface area contributed by atoms with Crippen molar-refractivity contribution in [2.75, 3.05) is 10.6 Å². The maximum absolute atomic E-state index is 11.1. The molecule has 0 aliphatic heterocycles. The lowest BCUT2D eigenvalue weighted by molar-refractivity contribution is -0.383. The molecular weight excluding hydrogens is 310 g/mol. The lowest BCUT2D eigenvalue weighted by atomic mass is 10.0. The Hall–Kier alpha value is -2.47. The predicted octanol–water partition coefficient (Wildman–Crippen LogP) is 4.84. The largest absolute Gasteiger partial charge is 0.332 e. The first-order valence-electron chi connectivity index (χ1n) is 7.30. The van der Waals surface area contributed by atoms with E-state index in [4.69, 9.17) is 12.2 Å². The van der Waals surface area contributed by atoms with Crippen LogP contribution < -0.4 is 10.6 Å². The number of nitrogens with one attached hydrogen (secondary N) is 2. The summed E-state index contributed by atoms with van der Waals surface area (Å²) in [5.74, 6) is 0.462. The van der Waals surface area contributed by atoms with Gasteiger partial charge in [-0.1, -0.05) is 38.1 Å². The van der Waals surface area contributed by atoms with Crippen molar-refractivity contribution >= 4 is 34.4 Å². The van der Waals surface area contributed by atoms with E-state index in [1.807, 2.05) is 24.3 Å². The Labute approximate surface area is 140 Å². The molecule has 2 rings (SSSR count). The normalized spacial score (nSPS) is 10.4. The molecule has 0 radical (unpaired) electrons. The zero-order chi connectivity index (χ0) is 17.0. The Morgan fingerprint density at radius 2 is 1.78 bits per heavy atom. The van der Waals surface area contributed by atoms with E-state index in [2.05, 4.69) is 24.5 Å². The van der Waals surface area contributed by atoms with Gasteiger partial charge in [-0.2, -0.15) is 0 Å². The Morgan fingerprint density at radius 3 is 2.35 bits per heavy atom. The number of benzene rings is 2. The van der Waals surface area contributed by atoms with Gasteiger partial charge in [-0.15, -0.1) is 0 Å². The van der Waals surface area contributed by atoms with Crippen LogP contribution in [0, 0.1) is 17.0 Å². The monoisotopic (exact) mass is 329 g/mol. The molecule has 0 heterocycles. The highest BCUT2D eigenvalue weighted by Crippen LogP contribution is 2.27. The molecule has 2 N–H and O–H groups in total. The van der Waals surface area contributed by atoms with Gasteiger partial charge in [0, 0.05) is 11.8 Å². The van der Waals surface area contributed by atoms with E-state index in [1.54, 1.807) is 19.1 Å². The number of thiocarbonyl (C=S) groups is 1. The second-order valence-electron chi connectivity index (χ2n) is 5.58. The van der Waals surface area contributed by atoms with Crippen LogP contribution in [-0.4, -0.2) is 10.0 Å². The van der Waals surface area contributed by atoms with Crippen molar-refractivity contribution in [3.05, 3.63) is 63.7 Å². The smallest absolute Gasteiger partial charge is 0.293 e. The standard InChI is InChI=1S/C17H19N3O2S/c1-11(2)13-7-9-14(10-8-13)18-17(23)19-16-12(3)5-4-6-15(16)20(21)22/h4-11H,1-3H3,(H2,18,19,23). The van der Waals surface area contributed by atoms with E-state index >= 15 is 0 Å². The van der Waals surface area contributed by atoms with Crippen LogP contribution in [0.15, 0.2) is 42.5 Å². The van der Waals surface area contributed by atoms with Crippen molar-refractivity contribution in [2.45, 2.75) is 26.7 Å². The molecule has 0 saturated carbocycles. The number of hydrogen-bond donors (Lipinski definition) is 2. The van der Waals surface area contributed by atoms with Crippen LogP contribution in [0.25, 0.3) is 0 Å². The molecule has 0 saturated heterocycles. The fourth-order valence-corrected chi connectivity index (χ4v) is 2.41. The molecule has 120 valence electrons. The summed E-state index contributed by atoms with van der Waals surface area (Å²) in [5.41, 5.74) is 3.25. The minimum Gasteiger partial charge on any atom is -0.332 e. The van der Waals surface area contributed by atoms with Gasteiger partial charge in [0.15, 0.2) is 5.11 Å². The van der Waals surface area contributed by atoms with Crippen molar-refractivity contribution in [1.82, 2.24) is 0 Å². The molecule has 2 aromatic carbocycles. The highest BCUT2D eigenvalue weighted by Gasteiger charge is 2.16. The summed E-state index contributed by atoms with van der Waals surface area (Å²) in [6.07, 6.45) is 0. The molecule has 0 spiro atoms. The predicted molar refractivity (Wildman–Crippen MR) is 98.2 cm³/mol. The van der Waals surface area contributed by atoms with Crippen LogP contribution in [0.1, 0.15) is 30.9 Å². The van der Waals surface area contributed by atoms with Crippen molar-refractivity contribution in [3.8, 4) is 0 Å². The Bertz CT molecular complexity index is 727. The number of anilines is 2. The molecule has 0 unspecified atom stereocenters. The third kappa shape index (κ3) is 4.26. The summed E-state index contributed by atoms with van der Waals surface area (Å²) in [4.78, 5) is 10.7. The maximum Gasteiger partial charge on any atom is 0.293 e.